The van der Waals surface area contributed by atoms with E-state index < -0.39 is 5.97 Å². The molecule has 0 aromatic rings. The molecule has 4 heteroatoms. The van der Waals surface area contributed by atoms with E-state index in [2.05, 4.69) is 12.2 Å². The third-order valence-corrected chi connectivity index (χ3v) is 3.29. The van der Waals surface area contributed by atoms with E-state index in [-0.39, 0.29) is 5.91 Å². The molecule has 2 N–H and O–H groups in total. The summed E-state index contributed by atoms with van der Waals surface area (Å²) in [5.41, 5.74) is 0. The molecule has 0 atom stereocenters. The lowest BCUT2D eigenvalue weighted by atomic mass is 10.1. The molecule has 0 aliphatic heterocycles. The van der Waals surface area contributed by atoms with E-state index in [0.29, 0.717) is 6.42 Å². The number of carbonyl (C=O) groups is 2. The fourth-order valence-corrected chi connectivity index (χ4v) is 2.07. The van der Waals surface area contributed by atoms with Gasteiger partial charge in [0, 0.05) is 20.4 Å². The van der Waals surface area contributed by atoms with Crippen LogP contribution in [0.4, 0.5) is 0 Å². The highest BCUT2D eigenvalue weighted by Gasteiger charge is 1.97. The second-order valence-corrected chi connectivity index (χ2v) is 5.48. The number of unbranched alkanes of at least 4 members (excludes halogenated alkanes) is 10. The zero-order valence-corrected chi connectivity index (χ0v) is 14.2. The van der Waals surface area contributed by atoms with Crippen molar-refractivity contribution in [2.75, 3.05) is 7.05 Å². The summed E-state index contributed by atoms with van der Waals surface area (Å²) in [6.07, 6.45) is 15.4. The Hall–Kier alpha value is -1.06. The van der Waals surface area contributed by atoms with Crippen LogP contribution >= 0.6 is 0 Å². The number of carbonyl (C=O) groups excluding carboxylic acids is 1. The van der Waals surface area contributed by atoms with E-state index in [1.165, 1.54) is 64.2 Å². The number of amides is 1. The van der Waals surface area contributed by atoms with Gasteiger partial charge in [0.25, 0.3) is 5.97 Å². The Bertz CT molecular complexity index is 238. The third-order valence-electron chi connectivity index (χ3n) is 3.29. The van der Waals surface area contributed by atoms with Gasteiger partial charge in [-0.3, -0.25) is 9.59 Å². The predicted molar refractivity (Wildman–Crippen MR) is 88.5 cm³/mol. The average molecular weight is 301 g/mol. The summed E-state index contributed by atoms with van der Waals surface area (Å²) < 4.78 is 0. The Morgan fingerprint density at radius 1 is 0.810 bits per heavy atom. The quantitative estimate of drug-likeness (QED) is 0.521. The summed E-state index contributed by atoms with van der Waals surface area (Å²) in [7, 11) is 1.71. The van der Waals surface area contributed by atoms with Crippen LogP contribution in [-0.4, -0.2) is 24.0 Å². The first-order valence-electron chi connectivity index (χ1n) is 8.44. The number of hydrogen-bond acceptors (Lipinski definition) is 2. The molecular weight excluding hydrogens is 266 g/mol. The topological polar surface area (TPSA) is 66.4 Å². The highest BCUT2D eigenvalue weighted by atomic mass is 16.4. The minimum absolute atomic E-state index is 0.181. The Morgan fingerprint density at radius 3 is 1.48 bits per heavy atom. The number of nitrogens with one attached hydrogen (secondary N) is 1. The minimum Gasteiger partial charge on any atom is -0.481 e. The molecule has 126 valence electrons. The fraction of sp³-hybridized carbons (Fsp3) is 0.882. The van der Waals surface area contributed by atoms with Gasteiger partial charge in [-0.15, -0.1) is 0 Å². The first kappa shape index (κ1) is 22.2. The molecule has 1 amide bonds. The van der Waals surface area contributed by atoms with Crippen molar-refractivity contribution in [2.24, 2.45) is 0 Å². The van der Waals surface area contributed by atoms with Crippen molar-refractivity contribution < 1.29 is 14.7 Å². The van der Waals surface area contributed by atoms with Gasteiger partial charge >= 0.3 is 0 Å². The van der Waals surface area contributed by atoms with Crippen LogP contribution in [0.15, 0.2) is 0 Å². The van der Waals surface area contributed by atoms with Crippen LogP contribution in [0.25, 0.3) is 0 Å². The Kier molecular flexibility index (Phi) is 20.0. The molecule has 0 fully saturated rings. The zero-order valence-electron chi connectivity index (χ0n) is 14.2. The van der Waals surface area contributed by atoms with E-state index in [1.54, 1.807) is 7.05 Å². The van der Waals surface area contributed by atoms with Gasteiger partial charge in [-0.2, -0.15) is 0 Å². The fourth-order valence-electron chi connectivity index (χ4n) is 2.07. The predicted octanol–water partition coefficient (Wildman–Crippen LogP) is 4.52. The first-order valence-corrected chi connectivity index (χ1v) is 8.44. The smallest absolute Gasteiger partial charge is 0.300 e. The van der Waals surface area contributed by atoms with Gasteiger partial charge in [0.1, 0.15) is 0 Å². The lowest BCUT2D eigenvalue weighted by Crippen LogP contribution is -2.16. The third kappa shape index (κ3) is 28.0. The maximum Gasteiger partial charge on any atom is 0.300 e. The molecule has 0 rings (SSSR count). The normalized spacial score (nSPS) is 9.67. The van der Waals surface area contributed by atoms with Crippen molar-refractivity contribution in [3.8, 4) is 0 Å². The monoisotopic (exact) mass is 301 g/mol. The summed E-state index contributed by atoms with van der Waals surface area (Å²) in [6.45, 7) is 3.35. The van der Waals surface area contributed by atoms with Gasteiger partial charge in [-0.25, -0.2) is 0 Å². The van der Waals surface area contributed by atoms with Gasteiger partial charge in [0.2, 0.25) is 5.91 Å². The molecule has 0 spiro atoms. The highest BCUT2D eigenvalue weighted by Crippen LogP contribution is 2.11. The summed E-state index contributed by atoms with van der Waals surface area (Å²) in [6, 6.07) is 0. The molecule has 21 heavy (non-hydrogen) atoms. The Balaban J connectivity index is 0. The number of rotatable bonds is 12. The van der Waals surface area contributed by atoms with Crippen LogP contribution in [-0.2, 0) is 9.59 Å². The van der Waals surface area contributed by atoms with Crippen molar-refractivity contribution >= 4 is 11.9 Å². The number of carboxylic acid groups (broad SMARTS) is 1. The van der Waals surface area contributed by atoms with Crippen molar-refractivity contribution in [1.82, 2.24) is 5.32 Å². The van der Waals surface area contributed by atoms with Gasteiger partial charge in [0.05, 0.1) is 0 Å². The first-order chi connectivity index (χ1) is 10.0. The molecule has 0 aromatic carbocycles. The number of aliphatic carboxylic acids is 1. The maximum atomic E-state index is 11.0. The molecule has 0 aromatic heterocycles. The maximum absolute atomic E-state index is 11.0. The van der Waals surface area contributed by atoms with E-state index in [0.717, 1.165) is 13.3 Å². The molecule has 0 bridgehead atoms. The number of carboxylic acids is 1. The SMILES string of the molecule is CC(=O)O.CCCCCCCCCCCCCC(=O)NC. The molecule has 0 saturated heterocycles. The lowest BCUT2D eigenvalue weighted by molar-refractivity contribution is -0.134. The van der Waals surface area contributed by atoms with Gasteiger partial charge in [-0.05, 0) is 6.42 Å². The largest absolute Gasteiger partial charge is 0.481 e. The lowest BCUT2D eigenvalue weighted by Gasteiger charge is -2.02. The van der Waals surface area contributed by atoms with Crippen LogP contribution in [0.2, 0.25) is 0 Å². The van der Waals surface area contributed by atoms with Gasteiger partial charge in [0.15, 0.2) is 0 Å². The summed E-state index contributed by atoms with van der Waals surface area (Å²) in [4.78, 5) is 20.0. The van der Waals surface area contributed by atoms with Crippen LogP contribution in [0.1, 0.15) is 90.9 Å². The van der Waals surface area contributed by atoms with E-state index in [1.807, 2.05) is 0 Å². The number of hydrogen-bond donors (Lipinski definition) is 2. The van der Waals surface area contributed by atoms with Crippen LogP contribution in [0.5, 0.6) is 0 Å². The summed E-state index contributed by atoms with van der Waals surface area (Å²) >= 11 is 0. The average Bonchev–Trinajstić information content (AvgIpc) is 2.43. The molecule has 0 unspecified atom stereocenters. The molecular formula is C17H35NO3. The van der Waals surface area contributed by atoms with E-state index in [4.69, 9.17) is 9.90 Å². The molecule has 0 aliphatic rings. The Morgan fingerprint density at radius 2 is 1.14 bits per heavy atom. The summed E-state index contributed by atoms with van der Waals surface area (Å²) in [5.74, 6) is -0.652. The van der Waals surface area contributed by atoms with Gasteiger partial charge in [-0.1, -0.05) is 71.1 Å². The van der Waals surface area contributed by atoms with Crippen LogP contribution < -0.4 is 5.32 Å². The second kappa shape index (κ2) is 18.9. The zero-order chi connectivity index (χ0) is 16.3. The Labute approximate surface area is 130 Å². The summed E-state index contributed by atoms with van der Waals surface area (Å²) in [5, 5.41) is 10.1. The van der Waals surface area contributed by atoms with Gasteiger partial charge < -0.3 is 10.4 Å². The highest BCUT2D eigenvalue weighted by molar-refractivity contribution is 5.75. The molecule has 4 nitrogen and oxygen atoms in total. The molecule has 0 radical (unpaired) electrons. The second-order valence-electron chi connectivity index (χ2n) is 5.48. The van der Waals surface area contributed by atoms with Crippen molar-refractivity contribution in [1.29, 1.82) is 0 Å². The minimum atomic E-state index is -0.833. The van der Waals surface area contributed by atoms with Crippen molar-refractivity contribution in [2.45, 2.75) is 90.9 Å². The van der Waals surface area contributed by atoms with E-state index in [9.17, 15) is 4.79 Å². The molecule has 0 saturated carbocycles. The van der Waals surface area contributed by atoms with Crippen molar-refractivity contribution in [3.63, 3.8) is 0 Å². The van der Waals surface area contributed by atoms with Crippen LogP contribution in [0.3, 0.4) is 0 Å². The molecule has 0 heterocycles. The van der Waals surface area contributed by atoms with Crippen LogP contribution in [0, 0.1) is 0 Å². The van der Waals surface area contributed by atoms with Crippen molar-refractivity contribution in [3.05, 3.63) is 0 Å². The van der Waals surface area contributed by atoms with E-state index >= 15 is 0 Å². The standard InChI is InChI=1S/C15H31NO.C2H4O2/c1-3-4-5-6-7-8-9-10-11-12-13-14-15(17)16-2;1-2(3)4/h3-14H2,1-2H3,(H,16,17);1H3,(H,3,4). The molecule has 0 aliphatic carbocycles.